The van der Waals surface area contributed by atoms with Crippen LogP contribution in [0.15, 0.2) is 63.6 Å². The zero-order chi connectivity index (χ0) is 16.2. The van der Waals surface area contributed by atoms with Crippen LogP contribution in [0.1, 0.15) is 10.4 Å². The number of benzene rings is 2. The lowest BCUT2D eigenvalue weighted by Crippen LogP contribution is -2.12. The molecule has 3 aromatic rings. The van der Waals surface area contributed by atoms with Gasteiger partial charge < -0.3 is 9.26 Å². The first-order valence-electron chi connectivity index (χ1n) is 6.84. The lowest BCUT2D eigenvalue weighted by atomic mass is 10.1. The Bertz CT molecular complexity index is 828. The van der Waals surface area contributed by atoms with Crippen LogP contribution in [0.2, 0.25) is 0 Å². The van der Waals surface area contributed by atoms with E-state index in [1.165, 1.54) is 7.11 Å². The minimum atomic E-state index is -0.319. The van der Waals surface area contributed by atoms with Crippen molar-refractivity contribution in [3.8, 4) is 17.0 Å². The average molecular weight is 373 g/mol. The topological polar surface area (TPSA) is 64.4 Å². The highest BCUT2D eigenvalue weighted by molar-refractivity contribution is 9.10. The summed E-state index contributed by atoms with van der Waals surface area (Å²) in [6.07, 6.45) is 0. The molecule has 0 unspecified atom stereocenters. The van der Waals surface area contributed by atoms with Crippen LogP contribution in [0.5, 0.6) is 5.75 Å². The number of nitrogens with one attached hydrogen (secondary N) is 1. The molecule has 0 atom stereocenters. The van der Waals surface area contributed by atoms with Crippen LogP contribution >= 0.6 is 15.9 Å². The van der Waals surface area contributed by atoms with Crippen molar-refractivity contribution in [1.82, 2.24) is 5.16 Å². The van der Waals surface area contributed by atoms with E-state index in [1.807, 2.05) is 24.3 Å². The molecular formula is C17H13BrN2O3. The highest BCUT2D eigenvalue weighted by Crippen LogP contribution is 2.24. The zero-order valence-corrected chi connectivity index (χ0v) is 13.8. The Morgan fingerprint density at radius 3 is 2.65 bits per heavy atom. The Balaban J connectivity index is 1.79. The van der Waals surface area contributed by atoms with Crippen LogP contribution in [0.25, 0.3) is 11.3 Å². The van der Waals surface area contributed by atoms with Crippen LogP contribution in [0.4, 0.5) is 5.88 Å². The van der Waals surface area contributed by atoms with Crippen LogP contribution in [0, 0.1) is 0 Å². The monoisotopic (exact) mass is 372 g/mol. The maximum absolute atomic E-state index is 12.3. The molecule has 0 aliphatic carbocycles. The highest BCUT2D eigenvalue weighted by atomic mass is 79.9. The number of aromatic nitrogens is 1. The molecule has 5 nitrogen and oxygen atoms in total. The van der Waals surface area contributed by atoms with Crippen molar-refractivity contribution in [3.63, 3.8) is 0 Å². The molecule has 0 radical (unpaired) electrons. The number of amides is 1. The number of carbonyl (C=O) groups excluding carboxylic acids is 1. The second-order valence-electron chi connectivity index (χ2n) is 4.74. The van der Waals surface area contributed by atoms with Crippen molar-refractivity contribution < 1.29 is 14.1 Å². The summed E-state index contributed by atoms with van der Waals surface area (Å²) in [6.45, 7) is 0. The smallest absolute Gasteiger partial charge is 0.261 e. The van der Waals surface area contributed by atoms with Gasteiger partial charge in [-0.1, -0.05) is 45.4 Å². The molecule has 116 valence electrons. The van der Waals surface area contributed by atoms with E-state index in [4.69, 9.17) is 9.26 Å². The van der Waals surface area contributed by atoms with E-state index in [0.29, 0.717) is 17.0 Å². The number of hydrogen-bond acceptors (Lipinski definition) is 4. The number of methoxy groups -OCH3 is 1. The first-order chi connectivity index (χ1) is 11.2. The quantitative estimate of drug-likeness (QED) is 0.738. The third-order valence-electron chi connectivity index (χ3n) is 3.24. The first kappa shape index (κ1) is 15.3. The van der Waals surface area contributed by atoms with Gasteiger partial charge in [0.05, 0.1) is 12.7 Å². The molecule has 0 saturated heterocycles. The lowest BCUT2D eigenvalue weighted by Gasteiger charge is -2.06. The van der Waals surface area contributed by atoms with Crippen LogP contribution in [-0.4, -0.2) is 18.2 Å². The summed E-state index contributed by atoms with van der Waals surface area (Å²) in [5, 5.41) is 6.65. The van der Waals surface area contributed by atoms with E-state index in [1.54, 1.807) is 30.3 Å². The van der Waals surface area contributed by atoms with E-state index in [2.05, 4.69) is 26.4 Å². The summed E-state index contributed by atoms with van der Waals surface area (Å²) in [7, 11) is 1.52. The summed E-state index contributed by atoms with van der Waals surface area (Å²) in [5.41, 5.74) is 1.97. The van der Waals surface area contributed by atoms with Gasteiger partial charge in [-0.15, -0.1) is 0 Å². The number of nitrogens with zero attached hydrogens (tertiary/aromatic N) is 1. The normalized spacial score (nSPS) is 10.3. The van der Waals surface area contributed by atoms with Crippen LogP contribution < -0.4 is 10.1 Å². The molecule has 0 fully saturated rings. The minimum absolute atomic E-state index is 0.277. The van der Waals surface area contributed by atoms with Gasteiger partial charge in [0.25, 0.3) is 5.91 Å². The molecular weight excluding hydrogens is 360 g/mol. The number of rotatable bonds is 4. The van der Waals surface area contributed by atoms with Gasteiger partial charge in [0, 0.05) is 16.1 Å². The molecule has 0 spiro atoms. The van der Waals surface area contributed by atoms with Gasteiger partial charge in [-0.2, -0.15) is 0 Å². The Morgan fingerprint density at radius 2 is 1.91 bits per heavy atom. The molecule has 1 amide bonds. The number of carbonyl (C=O) groups is 1. The second-order valence-corrected chi connectivity index (χ2v) is 5.65. The van der Waals surface area contributed by atoms with E-state index in [9.17, 15) is 4.79 Å². The van der Waals surface area contributed by atoms with Gasteiger partial charge in [0.2, 0.25) is 5.88 Å². The van der Waals surface area contributed by atoms with E-state index in [0.717, 1.165) is 10.0 Å². The molecule has 3 rings (SSSR count). The molecule has 1 N–H and O–H groups in total. The predicted molar refractivity (Wildman–Crippen MR) is 90.6 cm³/mol. The Labute approximate surface area is 141 Å². The fourth-order valence-electron chi connectivity index (χ4n) is 2.10. The Hall–Kier alpha value is -2.60. The molecule has 0 aliphatic rings. The molecule has 2 aromatic carbocycles. The van der Waals surface area contributed by atoms with Crippen molar-refractivity contribution in [2.45, 2.75) is 0 Å². The number of para-hydroxylation sites is 1. The second kappa shape index (κ2) is 6.66. The number of anilines is 1. The van der Waals surface area contributed by atoms with Crippen molar-refractivity contribution in [2.24, 2.45) is 0 Å². The number of ether oxygens (including phenoxy) is 1. The average Bonchev–Trinajstić information content (AvgIpc) is 3.04. The van der Waals surface area contributed by atoms with Crippen molar-refractivity contribution in [2.75, 3.05) is 12.4 Å². The summed E-state index contributed by atoms with van der Waals surface area (Å²) in [6, 6.07) is 16.3. The predicted octanol–water partition coefficient (Wildman–Crippen LogP) is 4.37. The standard InChI is InChI=1S/C17H13BrN2O3/c1-22-15-5-3-2-4-13(15)17(21)19-16-10-14(20-23-16)11-6-8-12(18)9-7-11/h2-10H,1H3,(H,19,21). The number of halogens is 1. The first-order valence-corrected chi connectivity index (χ1v) is 7.63. The van der Waals surface area contributed by atoms with Crippen molar-refractivity contribution in [1.29, 1.82) is 0 Å². The third kappa shape index (κ3) is 3.43. The van der Waals surface area contributed by atoms with Gasteiger partial charge in [-0.25, -0.2) is 0 Å². The molecule has 6 heteroatoms. The third-order valence-corrected chi connectivity index (χ3v) is 3.77. The summed E-state index contributed by atoms with van der Waals surface area (Å²) in [4.78, 5) is 12.3. The molecule has 0 bridgehead atoms. The Kier molecular flexibility index (Phi) is 4.43. The summed E-state index contributed by atoms with van der Waals surface area (Å²) in [5.74, 6) is 0.456. The zero-order valence-electron chi connectivity index (χ0n) is 12.2. The molecule has 0 aliphatic heterocycles. The SMILES string of the molecule is COc1ccccc1C(=O)Nc1cc(-c2ccc(Br)cc2)no1. The maximum atomic E-state index is 12.3. The Morgan fingerprint density at radius 1 is 1.17 bits per heavy atom. The fourth-order valence-corrected chi connectivity index (χ4v) is 2.37. The van der Waals surface area contributed by atoms with Crippen LogP contribution in [0.3, 0.4) is 0 Å². The molecule has 1 heterocycles. The van der Waals surface area contributed by atoms with E-state index in [-0.39, 0.29) is 11.8 Å². The lowest BCUT2D eigenvalue weighted by molar-refractivity contribution is 0.102. The molecule has 0 saturated carbocycles. The van der Waals surface area contributed by atoms with Gasteiger partial charge in [0.1, 0.15) is 11.4 Å². The fraction of sp³-hybridized carbons (Fsp3) is 0.0588. The largest absolute Gasteiger partial charge is 0.496 e. The summed E-state index contributed by atoms with van der Waals surface area (Å²) >= 11 is 3.38. The molecule has 23 heavy (non-hydrogen) atoms. The summed E-state index contributed by atoms with van der Waals surface area (Å²) < 4.78 is 11.3. The van der Waals surface area contributed by atoms with E-state index < -0.39 is 0 Å². The van der Waals surface area contributed by atoms with Gasteiger partial charge in [-0.05, 0) is 24.3 Å². The van der Waals surface area contributed by atoms with Gasteiger partial charge >= 0.3 is 0 Å². The maximum Gasteiger partial charge on any atom is 0.261 e. The van der Waals surface area contributed by atoms with Crippen LogP contribution in [-0.2, 0) is 0 Å². The number of hydrogen-bond donors (Lipinski definition) is 1. The highest BCUT2D eigenvalue weighted by Gasteiger charge is 2.14. The van der Waals surface area contributed by atoms with Gasteiger partial charge in [-0.3, -0.25) is 10.1 Å². The van der Waals surface area contributed by atoms with E-state index >= 15 is 0 Å². The van der Waals surface area contributed by atoms with Gasteiger partial charge in [0.15, 0.2) is 0 Å². The molecule has 1 aromatic heterocycles. The van der Waals surface area contributed by atoms with Crippen molar-refractivity contribution in [3.05, 3.63) is 64.6 Å². The minimum Gasteiger partial charge on any atom is -0.496 e. The van der Waals surface area contributed by atoms with Crippen molar-refractivity contribution >= 4 is 27.7 Å².